The normalized spacial score (nSPS) is 18.3. The molecule has 1 heterocycles. The number of ether oxygens (including phenoxy) is 2. The smallest absolute Gasteiger partial charge is 0.239 e. The number of rotatable bonds is 8. The van der Waals surface area contributed by atoms with Crippen LogP contribution in [0.1, 0.15) is 26.2 Å². The lowest BCUT2D eigenvalue weighted by Crippen LogP contribution is -2.42. The first-order valence-electron chi connectivity index (χ1n) is 6.76. The molecule has 1 fully saturated rings. The van der Waals surface area contributed by atoms with Crippen LogP contribution in [0.15, 0.2) is 0 Å². The molecule has 6 nitrogen and oxygen atoms in total. The van der Waals surface area contributed by atoms with Gasteiger partial charge in [-0.3, -0.25) is 9.59 Å². The minimum atomic E-state index is -0.136. The molecule has 0 aliphatic carbocycles. The molecule has 1 N–H and O–H groups in total. The predicted octanol–water partition coefficient (Wildman–Crippen LogP) is 0.167. The Balaban J connectivity index is 2.23. The van der Waals surface area contributed by atoms with E-state index in [9.17, 15) is 9.59 Å². The molecule has 6 heteroatoms. The Morgan fingerprint density at radius 3 is 2.84 bits per heavy atom. The fraction of sp³-hybridized carbons (Fsp3) is 0.846. The summed E-state index contributed by atoms with van der Waals surface area (Å²) < 4.78 is 10.4. The quantitative estimate of drug-likeness (QED) is 0.639. The van der Waals surface area contributed by atoms with Crippen LogP contribution in [0, 0.1) is 0 Å². The van der Waals surface area contributed by atoms with Gasteiger partial charge in [0.15, 0.2) is 0 Å². The summed E-state index contributed by atoms with van der Waals surface area (Å²) in [5.41, 5.74) is 0. The monoisotopic (exact) mass is 272 g/mol. The van der Waals surface area contributed by atoms with Crippen LogP contribution in [0.5, 0.6) is 0 Å². The first kappa shape index (κ1) is 15.9. The minimum Gasteiger partial charge on any atom is -0.385 e. The number of carbonyl (C=O) groups is 2. The Labute approximate surface area is 114 Å². The molecule has 0 spiro atoms. The summed E-state index contributed by atoms with van der Waals surface area (Å²) in [5.74, 6) is -0.230. The molecule has 2 amide bonds. The van der Waals surface area contributed by atoms with E-state index in [-0.39, 0.29) is 24.5 Å². The number of hydrogen-bond acceptors (Lipinski definition) is 4. The highest BCUT2D eigenvalue weighted by Gasteiger charge is 2.18. The number of hydrogen-bond donors (Lipinski definition) is 1. The maximum Gasteiger partial charge on any atom is 0.239 e. The van der Waals surface area contributed by atoms with Crippen molar-refractivity contribution in [3.05, 3.63) is 0 Å². The molecule has 19 heavy (non-hydrogen) atoms. The lowest BCUT2D eigenvalue weighted by atomic mass is 10.2. The van der Waals surface area contributed by atoms with Crippen molar-refractivity contribution in [2.45, 2.75) is 32.3 Å². The Hall–Kier alpha value is -1.14. The molecule has 1 aliphatic heterocycles. The van der Waals surface area contributed by atoms with Gasteiger partial charge in [-0.05, 0) is 19.3 Å². The molecule has 1 saturated heterocycles. The van der Waals surface area contributed by atoms with Gasteiger partial charge in [0, 0.05) is 40.3 Å². The maximum absolute atomic E-state index is 11.8. The van der Waals surface area contributed by atoms with Crippen molar-refractivity contribution in [1.82, 2.24) is 10.2 Å². The van der Waals surface area contributed by atoms with E-state index in [1.807, 2.05) is 0 Å². The molecule has 1 rings (SSSR count). The topological polar surface area (TPSA) is 67.9 Å². The van der Waals surface area contributed by atoms with Crippen molar-refractivity contribution in [1.29, 1.82) is 0 Å². The highest BCUT2D eigenvalue weighted by atomic mass is 16.5. The number of nitrogens with one attached hydrogen (secondary N) is 1. The van der Waals surface area contributed by atoms with E-state index >= 15 is 0 Å². The van der Waals surface area contributed by atoms with Gasteiger partial charge < -0.3 is 19.7 Å². The fourth-order valence-corrected chi connectivity index (χ4v) is 2.01. The Morgan fingerprint density at radius 2 is 2.26 bits per heavy atom. The van der Waals surface area contributed by atoms with E-state index in [2.05, 4.69) is 5.32 Å². The van der Waals surface area contributed by atoms with Crippen LogP contribution in [0.3, 0.4) is 0 Å². The lowest BCUT2D eigenvalue weighted by molar-refractivity contribution is -0.134. The van der Waals surface area contributed by atoms with Gasteiger partial charge in [-0.2, -0.15) is 0 Å². The molecular weight excluding hydrogens is 248 g/mol. The molecule has 0 aromatic heterocycles. The van der Waals surface area contributed by atoms with Gasteiger partial charge in [-0.1, -0.05) is 0 Å². The second-order valence-electron chi connectivity index (χ2n) is 4.73. The van der Waals surface area contributed by atoms with Crippen molar-refractivity contribution in [2.24, 2.45) is 0 Å². The zero-order chi connectivity index (χ0) is 14.1. The van der Waals surface area contributed by atoms with E-state index in [0.29, 0.717) is 19.7 Å². The number of amides is 2. The summed E-state index contributed by atoms with van der Waals surface area (Å²) in [5, 5.41) is 2.81. The fourth-order valence-electron chi connectivity index (χ4n) is 2.01. The van der Waals surface area contributed by atoms with Gasteiger partial charge in [0.05, 0.1) is 12.6 Å². The van der Waals surface area contributed by atoms with Crippen molar-refractivity contribution >= 4 is 11.8 Å². The lowest BCUT2D eigenvalue weighted by Gasteiger charge is -2.20. The third-order valence-electron chi connectivity index (χ3n) is 3.11. The average Bonchev–Trinajstić information content (AvgIpc) is 2.88. The van der Waals surface area contributed by atoms with E-state index in [1.165, 1.54) is 11.8 Å². The summed E-state index contributed by atoms with van der Waals surface area (Å²) in [4.78, 5) is 24.7. The molecule has 1 unspecified atom stereocenters. The summed E-state index contributed by atoms with van der Waals surface area (Å²) in [6.45, 7) is 4.00. The second kappa shape index (κ2) is 8.87. The second-order valence-corrected chi connectivity index (χ2v) is 4.73. The van der Waals surface area contributed by atoms with Crippen LogP contribution in [-0.2, 0) is 19.1 Å². The zero-order valence-corrected chi connectivity index (χ0v) is 11.8. The third kappa shape index (κ3) is 6.54. The van der Waals surface area contributed by atoms with Crippen molar-refractivity contribution in [3.63, 3.8) is 0 Å². The first-order valence-corrected chi connectivity index (χ1v) is 6.76. The van der Waals surface area contributed by atoms with Gasteiger partial charge in [0.25, 0.3) is 0 Å². The molecule has 0 saturated carbocycles. The van der Waals surface area contributed by atoms with Crippen LogP contribution < -0.4 is 5.32 Å². The largest absolute Gasteiger partial charge is 0.385 e. The van der Waals surface area contributed by atoms with Crippen molar-refractivity contribution in [2.75, 3.05) is 40.0 Å². The number of nitrogens with zero attached hydrogens (tertiary/aromatic N) is 1. The van der Waals surface area contributed by atoms with Crippen LogP contribution in [0.4, 0.5) is 0 Å². The van der Waals surface area contributed by atoms with E-state index in [0.717, 1.165) is 25.9 Å². The first-order chi connectivity index (χ1) is 9.13. The number of carbonyl (C=O) groups excluding carboxylic acids is 2. The summed E-state index contributed by atoms with van der Waals surface area (Å²) in [7, 11) is 1.62. The van der Waals surface area contributed by atoms with Gasteiger partial charge in [-0.25, -0.2) is 0 Å². The molecule has 1 aliphatic rings. The predicted molar refractivity (Wildman–Crippen MR) is 70.7 cm³/mol. The van der Waals surface area contributed by atoms with Crippen molar-refractivity contribution in [3.8, 4) is 0 Å². The van der Waals surface area contributed by atoms with Gasteiger partial charge in [-0.15, -0.1) is 0 Å². The number of methoxy groups -OCH3 is 1. The van der Waals surface area contributed by atoms with Crippen molar-refractivity contribution < 1.29 is 19.1 Å². The summed E-state index contributed by atoms with van der Waals surface area (Å²) >= 11 is 0. The molecule has 110 valence electrons. The molecule has 1 atom stereocenters. The summed E-state index contributed by atoms with van der Waals surface area (Å²) in [6, 6.07) is 0. The van der Waals surface area contributed by atoms with Gasteiger partial charge >= 0.3 is 0 Å². The van der Waals surface area contributed by atoms with Crippen LogP contribution in [-0.4, -0.2) is 62.8 Å². The molecule has 0 aromatic carbocycles. The van der Waals surface area contributed by atoms with Gasteiger partial charge in [0.1, 0.15) is 0 Å². The van der Waals surface area contributed by atoms with Crippen LogP contribution in [0.25, 0.3) is 0 Å². The third-order valence-corrected chi connectivity index (χ3v) is 3.11. The Kier molecular flexibility index (Phi) is 7.43. The van der Waals surface area contributed by atoms with Crippen LogP contribution >= 0.6 is 0 Å². The molecular formula is C13H24N2O4. The standard InChI is InChI=1S/C13H24N2O4/c1-11(16)15(6-4-7-18-2)10-13(17)14-9-12-5-3-8-19-12/h12H,3-10H2,1-2H3,(H,14,17). The van der Waals surface area contributed by atoms with Crippen LogP contribution in [0.2, 0.25) is 0 Å². The van der Waals surface area contributed by atoms with E-state index in [4.69, 9.17) is 9.47 Å². The highest BCUT2D eigenvalue weighted by Crippen LogP contribution is 2.10. The van der Waals surface area contributed by atoms with E-state index < -0.39 is 0 Å². The highest BCUT2D eigenvalue weighted by molar-refractivity contribution is 5.83. The molecule has 0 aromatic rings. The molecule has 0 radical (unpaired) electrons. The minimum absolute atomic E-state index is 0.0941. The Morgan fingerprint density at radius 1 is 1.47 bits per heavy atom. The zero-order valence-electron chi connectivity index (χ0n) is 11.8. The molecule has 0 bridgehead atoms. The van der Waals surface area contributed by atoms with Gasteiger partial charge in [0.2, 0.25) is 11.8 Å². The van der Waals surface area contributed by atoms with E-state index in [1.54, 1.807) is 7.11 Å². The SMILES string of the molecule is COCCCN(CC(=O)NCC1CCCO1)C(C)=O. The average molecular weight is 272 g/mol. The Bertz CT molecular complexity index is 290. The summed E-state index contributed by atoms with van der Waals surface area (Å²) in [6.07, 6.45) is 2.90. The maximum atomic E-state index is 11.8.